The SMILES string of the molecule is CCCCCCCCC/C=C/C(O)C(CO)NC(=O)CCCCCCC/C=C\CCCCCOC(=O)CCCCCCCCCCCCCCCCCC. The van der Waals surface area contributed by atoms with Crippen LogP contribution in [0, 0.1) is 0 Å². The van der Waals surface area contributed by atoms with Crippen LogP contribution >= 0.6 is 0 Å². The first kappa shape index (κ1) is 52.3. The van der Waals surface area contributed by atoms with Crippen LogP contribution in [0.25, 0.3) is 0 Å². The number of ether oxygens (including phenoxy) is 1. The number of amides is 1. The molecule has 0 aromatic carbocycles. The molecule has 0 heterocycles. The lowest BCUT2D eigenvalue weighted by Crippen LogP contribution is -2.45. The summed E-state index contributed by atoms with van der Waals surface area (Å²) in [7, 11) is 0. The average Bonchev–Trinajstić information content (AvgIpc) is 3.17. The summed E-state index contributed by atoms with van der Waals surface area (Å²) >= 11 is 0. The van der Waals surface area contributed by atoms with Crippen molar-refractivity contribution in [3.8, 4) is 0 Å². The first-order valence-electron chi connectivity index (χ1n) is 23.6. The molecule has 0 aromatic rings. The van der Waals surface area contributed by atoms with Gasteiger partial charge in [-0.1, -0.05) is 192 Å². The summed E-state index contributed by atoms with van der Waals surface area (Å²) < 4.78 is 5.44. The van der Waals surface area contributed by atoms with E-state index in [1.54, 1.807) is 6.08 Å². The second kappa shape index (κ2) is 44.1. The van der Waals surface area contributed by atoms with Crippen molar-refractivity contribution in [1.82, 2.24) is 5.32 Å². The van der Waals surface area contributed by atoms with Gasteiger partial charge in [0.1, 0.15) is 0 Å². The molecular formula is C48H91NO5. The van der Waals surface area contributed by atoms with Gasteiger partial charge >= 0.3 is 5.97 Å². The van der Waals surface area contributed by atoms with E-state index in [0.717, 1.165) is 83.5 Å². The topological polar surface area (TPSA) is 95.9 Å². The normalized spacial score (nSPS) is 12.9. The quantitative estimate of drug-likeness (QED) is 0.0327. The van der Waals surface area contributed by atoms with Gasteiger partial charge in [0.2, 0.25) is 5.91 Å². The van der Waals surface area contributed by atoms with E-state index in [2.05, 4.69) is 31.3 Å². The molecule has 0 fully saturated rings. The van der Waals surface area contributed by atoms with Crippen LogP contribution in [0.1, 0.15) is 245 Å². The van der Waals surface area contributed by atoms with Gasteiger partial charge in [0.25, 0.3) is 0 Å². The molecule has 0 aliphatic carbocycles. The Labute approximate surface area is 335 Å². The van der Waals surface area contributed by atoms with Gasteiger partial charge in [0.15, 0.2) is 0 Å². The molecule has 54 heavy (non-hydrogen) atoms. The van der Waals surface area contributed by atoms with Crippen molar-refractivity contribution in [2.75, 3.05) is 13.2 Å². The third kappa shape index (κ3) is 40.0. The first-order chi connectivity index (χ1) is 26.5. The Morgan fingerprint density at radius 2 is 0.870 bits per heavy atom. The maximum absolute atomic E-state index is 12.3. The fourth-order valence-electron chi connectivity index (χ4n) is 7.04. The van der Waals surface area contributed by atoms with Crippen molar-refractivity contribution >= 4 is 11.9 Å². The van der Waals surface area contributed by atoms with Crippen molar-refractivity contribution in [3.63, 3.8) is 0 Å². The molecule has 0 aliphatic rings. The predicted octanol–water partition coefficient (Wildman–Crippen LogP) is 13.6. The minimum atomic E-state index is -0.857. The van der Waals surface area contributed by atoms with Crippen molar-refractivity contribution < 1.29 is 24.5 Å². The molecule has 2 unspecified atom stereocenters. The van der Waals surface area contributed by atoms with Gasteiger partial charge < -0.3 is 20.3 Å². The maximum Gasteiger partial charge on any atom is 0.305 e. The smallest absolute Gasteiger partial charge is 0.305 e. The molecule has 0 saturated heterocycles. The standard InChI is InChI=1S/C48H91NO5/c1-3-5-7-9-11-13-14-15-16-17-18-22-26-30-34-38-42-48(53)54-43-39-35-31-27-23-20-19-21-25-29-33-37-41-47(52)49-45(44-50)46(51)40-36-32-28-24-12-10-8-6-4-2/h20,23,36,40,45-46,50-51H,3-19,21-22,24-35,37-39,41-44H2,1-2H3,(H,49,52)/b23-20-,40-36+. The number of aliphatic hydroxyl groups is 2. The highest BCUT2D eigenvalue weighted by Gasteiger charge is 2.18. The Hall–Kier alpha value is -1.66. The van der Waals surface area contributed by atoms with Crippen LogP contribution in [-0.4, -0.2) is 47.4 Å². The van der Waals surface area contributed by atoms with Gasteiger partial charge in [-0.25, -0.2) is 0 Å². The molecule has 0 spiro atoms. The van der Waals surface area contributed by atoms with E-state index in [1.807, 2.05) is 6.08 Å². The summed E-state index contributed by atoms with van der Waals surface area (Å²) in [4.78, 5) is 24.3. The van der Waals surface area contributed by atoms with Crippen molar-refractivity contribution in [1.29, 1.82) is 0 Å². The summed E-state index contributed by atoms with van der Waals surface area (Å²) in [6, 6.07) is -0.643. The number of allylic oxidation sites excluding steroid dienone is 3. The van der Waals surface area contributed by atoms with E-state index in [4.69, 9.17) is 4.74 Å². The molecule has 0 saturated carbocycles. The molecule has 2 atom stereocenters. The van der Waals surface area contributed by atoms with Crippen LogP contribution in [0.4, 0.5) is 0 Å². The summed E-state index contributed by atoms with van der Waals surface area (Å²) in [6.45, 7) is 4.81. The number of nitrogens with one attached hydrogen (secondary N) is 1. The van der Waals surface area contributed by atoms with Crippen LogP contribution in [-0.2, 0) is 14.3 Å². The van der Waals surface area contributed by atoms with Gasteiger partial charge in [-0.15, -0.1) is 0 Å². The molecule has 3 N–H and O–H groups in total. The lowest BCUT2D eigenvalue weighted by molar-refractivity contribution is -0.143. The van der Waals surface area contributed by atoms with Gasteiger partial charge in [0.05, 0.1) is 25.4 Å². The molecule has 318 valence electrons. The average molecular weight is 762 g/mol. The van der Waals surface area contributed by atoms with Gasteiger partial charge in [-0.3, -0.25) is 9.59 Å². The lowest BCUT2D eigenvalue weighted by Gasteiger charge is -2.20. The Bertz CT molecular complexity index is 843. The highest BCUT2D eigenvalue weighted by molar-refractivity contribution is 5.76. The minimum Gasteiger partial charge on any atom is -0.466 e. The lowest BCUT2D eigenvalue weighted by atomic mass is 10.0. The highest BCUT2D eigenvalue weighted by Crippen LogP contribution is 2.15. The maximum atomic E-state index is 12.3. The third-order valence-electron chi connectivity index (χ3n) is 10.7. The summed E-state index contributed by atoms with van der Waals surface area (Å²) in [6.07, 6.45) is 50.3. The third-order valence-corrected chi connectivity index (χ3v) is 10.7. The van der Waals surface area contributed by atoms with Crippen LogP contribution < -0.4 is 5.32 Å². The van der Waals surface area contributed by atoms with Crippen LogP contribution in [0.3, 0.4) is 0 Å². The largest absolute Gasteiger partial charge is 0.466 e. The zero-order valence-corrected chi connectivity index (χ0v) is 36.0. The van der Waals surface area contributed by atoms with E-state index in [0.29, 0.717) is 19.4 Å². The Balaban J connectivity index is 3.49. The van der Waals surface area contributed by atoms with Gasteiger partial charge in [0, 0.05) is 12.8 Å². The first-order valence-corrected chi connectivity index (χ1v) is 23.6. The molecule has 0 aromatic heterocycles. The molecular weight excluding hydrogens is 671 g/mol. The van der Waals surface area contributed by atoms with Crippen molar-refractivity contribution in [2.24, 2.45) is 0 Å². The number of hydrogen-bond donors (Lipinski definition) is 3. The molecule has 1 amide bonds. The van der Waals surface area contributed by atoms with Crippen LogP contribution in [0.5, 0.6) is 0 Å². The second-order valence-corrected chi connectivity index (χ2v) is 16.1. The summed E-state index contributed by atoms with van der Waals surface area (Å²) in [5, 5.41) is 22.8. The zero-order chi connectivity index (χ0) is 39.4. The minimum absolute atomic E-state index is 0.0221. The highest BCUT2D eigenvalue weighted by atomic mass is 16.5. The Morgan fingerprint density at radius 1 is 0.500 bits per heavy atom. The van der Waals surface area contributed by atoms with E-state index < -0.39 is 12.1 Å². The molecule has 6 nitrogen and oxygen atoms in total. The Kier molecular flexibility index (Phi) is 42.7. The van der Waals surface area contributed by atoms with Crippen LogP contribution in [0.15, 0.2) is 24.3 Å². The molecule has 6 heteroatoms. The fraction of sp³-hybridized carbons (Fsp3) is 0.875. The number of hydrogen-bond acceptors (Lipinski definition) is 5. The van der Waals surface area contributed by atoms with Gasteiger partial charge in [-0.2, -0.15) is 0 Å². The summed E-state index contributed by atoms with van der Waals surface area (Å²) in [5.74, 6) is -0.119. The molecule has 0 radical (unpaired) electrons. The van der Waals surface area contributed by atoms with E-state index in [9.17, 15) is 19.8 Å². The number of rotatable bonds is 43. The number of esters is 1. The number of unbranched alkanes of at least 4 members (excludes halogenated alkanes) is 30. The summed E-state index contributed by atoms with van der Waals surface area (Å²) in [5.41, 5.74) is 0. The van der Waals surface area contributed by atoms with Gasteiger partial charge in [-0.05, 0) is 64.2 Å². The van der Waals surface area contributed by atoms with Crippen molar-refractivity contribution in [2.45, 2.75) is 257 Å². The van der Waals surface area contributed by atoms with E-state index in [-0.39, 0.29) is 18.5 Å². The number of carbonyl (C=O) groups is 2. The predicted molar refractivity (Wildman–Crippen MR) is 232 cm³/mol. The number of aliphatic hydroxyl groups excluding tert-OH is 2. The Morgan fingerprint density at radius 3 is 1.31 bits per heavy atom. The zero-order valence-electron chi connectivity index (χ0n) is 36.0. The second-order valence-electron chi connectivity index (χ2n) is 16.1. The number of carbonyl (C=O) groups excluding carboxylic acids is 2. The molecule has 0 rings (SSSR count). The monoisotopic (exact) mass is 762 g/mol. The fourth-order valence-corrected chi connectivity index (χ4v) is 7.04. The van der Waals surface area contributed by atoms with E-state index >= 15 is 0 Å². The molecule has 0 aliphatic heterocycles. The van der Waals surface area contributed by atoms with Crippen molar-refractivity contribution in [3.05, 3.63) is 24.3 Å². The van der Waals surface area contributed by atoms with E-state index in [1.165, 1.54) is 135 Å². The molecule has 0 bridgehead atoms. The van der Waals surface area contributed by atoms with Crippen LogP contribution in [0.2, 0.25) is 0 Å².